The summed E-state index contributed by atoms with van der Waals surface area (Å²) >= 11 is 1.89. The van der Waals surface area contributed by atoms with Gasteiger partial charge in [0.15, 0.2) is 0 Å². The van der Waals surface area contributed by atoms with Gasteiger partial charge in [-0.1, -0.05) is 84.9 Å². The van der Waals surface area contributed by atoms with E-state index in [1.165, 1.54) is 64.3 Å². The Kier molecular flexibility index (Phi) is 2.97. The lowest BCUT2D eigenvalue weighted by atomic mass is 9.90. The Labute approximate surface area is 172 Å². The zero-order valence-electron chi connectivity index (χ0n) is 15.6. The predicted molar refractivity (Wildman–Crippen MR) is 127 cm³/mol. The molecule has 0 unspecified atom stereocenters. The van der Waals surface area contributed by atoms with Crippen molar-refractivity contribution in [2.75, 3.05) is 0 Å². The maximum atomic E-state index is 2.33. The molecule has 0 fully saturated rings. The largest absolute Gasteiger partial charge is 0.135 e. The van der Waals surface area contributed by atoms with Gasteiger partial charge in [-0.05, 0) is 56.3 Å². The first kappa shape index (κ1) is 15.5. The minimum absolute atomic E-state index is 1.30. The summed E-state index contributed by atoms with van der Waals surface area (Å²) in [6, 6.07) is 35.8. The summed E-state index contributed by atoms with van der Waals surface area (Å²) in [6.45, 7) is 0. The molecule has 0 radical (unpaired) electrons. The molecule has 0 saturated heterocycles. The highest BCUT2D eigenvalue weighted by molar-refractivity contribution is 7.26. The van der Waals surface area contributed by atoms with Crippen LogP contribution in [0.5, 0.6) is 0 Å². The van der Waals surface area contributed by atoms with Crippen LogP contribution in [0.2, 0.25) is 0 Å². The van der Waals surface area contributed by atoms with Crippen LogP contribution in [0, 0.1) is 0 Å². The molecule has 29 heavy (non-hydrogen) atoms. The van der Waals surface area contributed by atoms with Gasteiger partial charge >= 0.3 is 0 Å². The first-order chi connectivity index (χ1) is 14.4. The van der Waals surface area contributed by atoms with Crippen LogP contribution in [0.1, 0.15) is 0 Å². The van der Waals surface area contributed by atoms with E-state index in [-0.39, 0.29) is 0 Å². The standard InChI is InChI=1S/C28H16S/c1-2-10-20-18(9-1)19-12-5-7-17-8-6-13-21(26(17)19)22-15-16-25-28(27(20)22)23-11-3-4-14-24(23)29-25/h1-16H. The van der Waals surface area contributed by atoms with E-state index in [9.17, 15) is 0 Å². The summed E-state index contributed by atoms with van der Waals surface area (Å²) in [5, 5.41) is 5.41. The number of rotatable bonds is 0. The Balaban J connectivity index is 1.81. The van der Waals surface area contributed by atoms with Crippen molar-refractivity contribution in [3.63, 3.8) is 0 Å². The lowest BCUT2D eigenvalue weighted by molar-refractivity contribution is 1.66. The van der Waals surface area contributed by atoms with Crippen LogP contribution in [0.3, 0.4) is 0 Å². The Hall–Kier alpha value is -3.42. The van der Waals surface area contributed by atoms with Gasteiger partial charge in [0.2, 0.25) is 0 Å². The van der Waals surface area contributed by atoms with E-state index >= 15 is 0 Å². The second kappa shape index (κ2) is 5.56. The molecular formula is C28H16S. The minimum atomic E-state index is 1.30. The molecule has 134 valence electrons. The molecule has 0 spiro atoms. The normalized spacial score (nSPS) is 12.1. The van der Waals surface area contributed by atoms with Crippen molar-refractivity contribution in [3.05, 3.63) is 97.1 Å². The maximum Gasteiger partial charge on any atom is 0.0362 e. The molecule has 6 aromatic rings. The predicted octanol–water partition coefficient (Wildman–Crippen LogP) is 8.52. The fraction of sp³-hybridized carbons (Fsp3) is 0. The highest BCUT2D eigenvalue weighted by atomic mass is 32.1. The molecule has 1 aromatic heterocycles. The SMILES string of the molecule is c1ccc2c(c1)-c1cccc3cccc(c13)-c1ccc3sc4ccccc4c3c1-2. The summed E-state index contributed by atoms with van der Waals surface area (Å²) < 4.78 is 2.71. The lowest BCUT2D eigenvalue weighted by Crippen LogP contribution is -1.86. The fourth-order valence-electron chi connectivity index (χ4n) is 5.05. The molecule has 1 heterocycles. The third-order valence-corrected chi connectivity index (χ3v) is 7.36. The summed E-state index contributed by atoms with van der Waals surface area (Å²) in [4.78, 5) is 0. The van der Waals surface area contributed by atoms with E-state index < -0.39 is 0 Å². The van der Waals surface area contributed by atoms with Gasteiger partial charge in [0, 0.05) is 20.2 Å². The molecule has 1 heteroatoms. The van der Waals surface area contributed by atoms with Crippen LogP contribution >= 0.6 is 11.3 Å². The molecule has 1 aliphatic rings. The van der Waals surface area contributed by atoms with Crippen LogP contribution in [-0.2, 0) is 0 Å². The third-order valence-electron chi connectivity index (χ3n) is 6.22. The molecule has 0 amide bonds. The van der Waals surface area contributed by atoms with E-state index in [1.807, 2.05) is 11.3 Å². The van der Waals surface area contributed by atoms with Crippen molar-refractivity contribution in [1.82, 2.24) is 0 Å². The molecule has 7 rings (SSSR count). The molecule has 0 nitrogen and oxygen atoms in total. The summed E-state index contributed by atoms with van der Waals surface area (Å²) in [6.07, 6.45) is 0. The maximum absolute atomic E-state index is 2.33. The lowest BCUT2D eigenvalue weighted by Gasteiger charge is -2.13. The zero-order chi connectivity index (χ0) is 18.9. The van der Waals surface area contributed by atoms with Crippen LogP contribution in [0.4, 0.5) is 0 Å². The van der Waals surface area contributed by atoms with Crippen molar-refractivity contribution in [2.45, 2.75) is 0 Å². The average molecular weight is 385 g/mol. The zero-order valence-corrected chi connectivity index (χ0v) is 16.5. The highest BCUT2D eigenvalue weighted by Gasteiger charge is 2.24. The molecule has 0 aliphatic heterocycles. The van der Waals surface area contributed by atoms with Gasteiger partial charge in [-0.15, -0.1) is 11.3 Å². The number of fused-ring (bicyclic) bond motifs is 9. The van der Waals surface area contributed by atoms with Crippen molar-refractivity contribution in [2.24, 2.45) is 0 Å². The van der Waals surface area contributed by atoms with E-state index in [2.05, 4.69) is 97.1 Å². The van der Waals surface area contributed by atoms with Crippen molar-refractivity contribution >= 4 is 42.3 Å². The molecule has 0 atom stereocenters. The van der Waals surface area contributed by atoms with Gasteiger partial charge in [-0.25, -0.2) is 0 Å². The van der Waals surface area contributed by atoms with Crippen molar-refractivity contribution < 1.29 is 0 Å². The van der Waals surface area contributed by atoms with Crippen LogP contribution < -0.4 is 0 Å². The smallest absolute Gasteiger partial charge is 0.0362 e. The van der Waals surface area contributed by atoms with E-state index in [0.29, 0.717) is 0 Å². The number of hydrogen-bond donors (Lipinski definition) is 0. The Morgan fingerprint density at radius 1 is 0.414 bits per heavy atom. The Morgan fingerprint density at radius 2 is 1.10 bits per heavy atom. The number of thiophene rings is 1. The molecule has 0 N–H and O–H groups in total. The summed E-state index contributed by atoms with van der Waals surface area (Å²) in [5.74, 6) is 0. The Bertz CT molecular complexity index is 1590. The van der Waals surface area contributed by atoms with Crippen LogP contribution in [0.15, 0.2) is 97.1 Å². The van der Waals surface area contributed by atoms with E-state index in [0.717, 1.165) is 0 Å². The molecule has 5 aromatic carbocycles. The fourth-order valence-corrected chi connectivity index (χ4v) is 6.16. The highest BCUT2D eigenvalue weighted by Crippen LogP contribution is 2.51. The van der Waals surface area contributed by atoms with Crippen LogP contribution in [0.25, 0.3) is 64.3 Å². The van der Waals surface area contributed by atoms with E-state index in [1.54, 1.807) is 0 Å². The molecule has 0 saturated carbocycles. The number of hydrogen-bond acceptors (Lipinski definition) is 1. The van der Waals surface area contributed by atoms with E-state index in [4.69, 9.17) is 0 Å². The second-order valence-corrected chi connectivity index (χ2v) is 8.80. The van der Waals surface area contributed by atoms with Gasteiger partial charge in [0.25, 0.3) is 0 Å². The van der Waals surface area contributed by atoms with Gasteiger partial charge in [-0.3, -0.25) is 0 Å². The average Bonchev–Trinajstić information content (AvgIpc) is 3.11. The van der Waals surface area contributed by atoms with Crippen molar-refractivity contribution in [3.8, 4) is 33.4 Å². The molecule has 1 aliphatic carbocycles. The Morgan fingerprint density at radius 3 is 1.97 bits per heavy atom. The summed E-state index contributed by atoms with van der Waals surface area (Å²) in [5.41, 5.74) is 8.04. The topological polar surface area (TPSA) is 0 Å². The monoisotopic (exact) mass is 384 g/mol. The van der Waals surface area contributed by atoms with Gasteiger partial charge in [0.05, 0.1) is 0 Å². The van der Waals surface area contributed by atoms with Gasteiger partial charge in [0.1, 0.15) is 0 Å². The second-order valence-electron chi connectivity index (χ2n) is 7.71. The quantitative estimate of drug-likeness (QED) is 0.246. The third kappa shape index (κ3) is 1.98. The minimum Gasteiger partial charge on any atom is -0.135 e. The van der Waals surface area contributed by atoms with Gasteiger partial charge in [-0.2, -0.15) is 0 Å². The first-order valence-corrected chi connectivity index (χ1v) is 10.8. The number of benzene rings is 5. The first-order valence-electron chi connectivity index (χ1n) is 9.96. The van der Waals surface area contributed by atoms with Gasteiger partial charge < -0.3 is 0 Å². The molecule has 0 bridgehead atoms. The van der Waals surface area contributed by atoms with Crippen LogP contribution in [-0.4, -0.2) is 0 Å². The summed E-state index contributed by atoms with van der Waals surface area (Å²) in [7, 11) is 0. The van der Waals surface area contributed by atoms with Crippen molar-refractivity contribution in [1.29, 1.82) is 0 Å². The molecular weight excluding hydrogens is 368 g/mol.